The predicted molar refractivity (Wildman–Crippen MR) is 81.6 cm³/mol. The first kappa shape index (κ1) is 16.9. The van der Waals surface area contributed by atoms with Crippen LogP contribution in [0.15, 0.2) is 0 Å². The number of likely N-dealkylation sites (tertiary alicyclic amines) is 1. The Kier molecular flexibility index (Phi) is 8.62. The van der Waals surface area contributed by atoms with Crippen molar-refractivity contribution in [1.82, 2.24) is 15.1 Å². The van der Waals surface area contributed by atoms with Gasteiger partial charge in [-0.1, -0.05) is 13.8 Å². The van der Waals surface area contributed by atoms with E-state index in [9.17, 15) is 5.11 Å². The highest BCUT2D eigenvalue weighted by atomic mass is 16.3. The fraction of sp³-hybridized carbons (Fsp3) is 1.00. The second kappa shape index (κ2) is 9.70. The molecule has 0 radical (unpaired) electrons. The van der Waals surface area contributed by atoms with Crippen molar-refractivity contribution in [3.63, 3.8) is 0 Å². The number of nitrogens with one attached hydrogen (secondary N) is 1. The van der Waals surface area contributed by atoms with Crippen LogP contribution >= 0.6 is 0 Å². The summed E-state index contributed by atoms with van der Waals surface area (Å²) in [4.78, 5) is 5.02. The Morgan fingerprint density at radius 3 is 2.53 bits per heavy atom. The number of aliphatic hydroxyl groups is 1. The summed E-state index contributed by atoms with van der Waals surface area (Å²) in [6.07, 6.45) is 4.75. The Hall–Kier alpha value is -0.160. The summed E-state index contributed by atoms with van der Waals surface area (Å²) in [6, 6.07) is 0.992. The highest BCUT2D eigenvalue weighted by Gasteiger charge is 2.21. The topological polar surface area (TPSA) is 38.7 Å². The lowest BCUT2D eigenvalue weighted by molar-refractivity contribution is 0.124. The van der Waals surface area contributed by atoms with Crippen molar-refractivity contribution in [2.75, 3.05) is 46.4 Å². The first-order valence-electron chi connectivity index (χ1n) is 7.98. The summed E-state index contributed by atoms with van der Waals surface area (Å²) in [5.41, 5.74) is 0. The van der Waals surface area contributed by atoms with Crippen LogP contribution in [0.5, 0.6) is 0 Å². The largest absolute Gasteiger partial charge is 0.395 e. The summed E-state index contributed by atoms with van der Waals surface area (Å²) in [7, 11) is 2.24. The molecule has 0 spiro atoms. The van der Waals surface area contributed by atoms with Crippen molar-refractivity contribution in [1.29, 1.82) is 0 Å². The average molecular weight is 271 g/mol. The summed E-state index contributed by atoms with van der Waals surface area (Å²) >= 11 is 0. The van der Waals surface area contributed by atoms with Gasteiger partial charge in [0.1, 0.15) is 0 Å². The van der Waals surface area contributed by atoms with Crippen LogP contribution in [-0.2, 0) is 0 Å². The third-order valence-corrected chi connectivity index (χ3v) is 4.36. The van der Waals surface area contributed by atoms with Crippen molar-refractivity contribution in [2.24, 2.45) is 0 Å². The fourth-order valence-corrected chi connectivity index (χ4v) is 2.82. The Balaban J connectivity index is 2.21. The van der Waals surface area contributed by atoms with Gasteiger partial charge in [-0.3, -0.25) is 0 Å². The summed E-state index contributed by atoms with van der Waals surface area (Å²) in [5, 5.41) is 12.8. The van der Waals surface area contributed by atoms with Crippen LogP contribution in [0.1, 0.15) is 39.5 Å². The molecular formula is C15H33N3O. The van der Waals surface area contributed by atoms with Gasteiger partial charge in [0.2, 0.25) is 0 Å². The van der Waals surface area contributed by atoms with Crippen LogP contribution in [-0.4, -0.2) is 73.4 Å². The smallest absolute Gasteiger partial charge is 0.0585 e. The molecule has 1 heterocycles. The lowest BCUT2D eigenvalue weighted by atomic mass is 10.0. The first-order chi connectivity index (χ1) is 9.21. The van der Waals surface area contributed by atoms with Gasteiger partial charge in [0, 0.05) is 12.1 Å². The molecular weight excluding hydrogens is 238 g/mol. The maximum atomic E-state index is 9.35. The van der Waals surface area contributed by atoms with Gasteiger partial charge in [-0.25, -0.2) is 0 Å². The van der Waals surface area contributed by atoms with E-state index < -0.39 is 0 Å². The van der Waals surface area contributed by atoms with Crippen molar-refractivity contribution in [2.45, 2.75) is 51.6 Å². The molecule has 2 N–H and O–H groups in total. The van der Waals surface area contributed by atoms with E-state index in [1.807, 2.05) is 0 Å². The van der Waals surface area contributed by atoms with Gasteiger partial charge in [-0.05, 0) is 65.5 Å². The van der Waals surface area contributed by atoms with Gasteiger partial charge < -0.3 is 20.2 Å². The summed E-state index contributed by atoms with van der Waals surface area (Å²) in [5.74, 6) is 0. The zero-order valence-electron chi connectivity index (χ0n) is 13.1. The maximum absolute atomic E-state index is 9.35. The van der Waals surface area contributed by atoms with Crippen molar-refractivity contribution in [3.8, 4) is 0 Å². The molecule has 0 aromatic heterocycles. The molecule has 0 saturated carbocycles. The Morgan fingerprint density at radius 1 is 1.32 bits per heavy atom. The summed E-state index contributed by atoms with van der Waals surface area (Å²) < 4.78 is 0. The molecule has 1 fully saturated rings. The molecule has 114 valence electrons. The molecule has 1 unspecified atom stereocenters. The molecule has 0 aromatic rings. The minimum absolute atomic E-state index is 0.252. The van der Waals surface area contributed by atoms with Gasteiger partial charge in [-0.15, -0.1) is 0 Å². The predicted octanol–water partition coefficient (Wildman–Crippen LogP) is 1.15. The third kappa shape index (κ3) is 6.21. The molecule has 0 aliphatic carbocycles. The molecule has 0 aromatic carbocycles. The number of hydrogen-bond acceptors (Lipinski definition) is 4. The molecule has 1 rings (SSSR count). The molecule has 1 aliphatic heterocycles. The molecule has 1 aliphatic rings. The van der Waals surface area contributed by atoms with E-state index in [4.69, 9.17) is 0 Å². The van der Waals surface area contributed by atoms with Crippen molar-refractivity contribution < 1.29 is 5.11 Å². The highest BCUT2D eigenvalue weighted by Crippen LogP contribution is 2.15. The SMILES string of the molecule is CCCNC(CO)CCN(C)C1CCN(CC)CC1. The fourth-order valence-electron chi connectivity index (χ4n) is 2.82. The monoisotopic (exact) mass is 271 g/mol. The zero-order valence-corrected chi connectivity index (χ0v) is 13.1. The number of piperidine rings is 1. The minimum Gasteiger partial charge on any atom is -0.395 e. The second-order valence-corrected chi connectivity index (χ2v) is 5.77. The van der Waals surface area contributed by atoms with E-state index in [0.29, 0.717) is 0 Å². The highest BCUT2D eigenvalue weighted by molar-refractivity contribution is 4.79. The molecule has 4 nitrogen and oxygen atoms in total. The van der Waals surface area contributed by atoms with E-state index in [-0.39, 0.29) is 12.6 Å². The molecule has 0 bridgehead atoms. The zero-order chi connectivity index (χ0) is 14.1. The van der Waals surface area contributed by atoms with E-state index in [1.165, 1.54) is 32.5 Å². The van der Waals surface area contributed by atoms with Crippen LogP contribution in [0.4, 0.5) is 0 Å². The van der Waals surface area contributed by atoms with Crippen LogP contribution < -0.4 is 5.32 Å². The van der Waals surface area contributed by atoms with E-state index in [2.05, 4.69) is 36.0 Å². The van der Waals surface area contributed by atoms with E-state index in [0.717, 1.165) is 32.0 Å². The lowest BCUT2D eigenvalue weighted by Crippen LogP contribution is -2.45. The van der Waals surface area contributed by atoms with Crippen LogP contribution in [0, 0.1) is 0 Å². The van der Waals surface area contributed by atoms with Gasteiger partial charge in [0.15, 0.2) is 0 Å². The average Bonchev–Trinajstić information content (AvgIpc) is 2.47. The Labute approximate surface area is 119 Å². The van der Waals surface area contributed by atoms with Crippen LogP contribution in [0.25, 0.3) is 0 Å². The number of hydrogen-bond donors (Lipinski definition) is 2. The molecule has 1 saturated heterocycles. The van der Waals surface area contributed by atoms with Crippen LogP contribution in [0.3, 0.4) is 0 Å². The summed E-state index contributed by atoms with van der Waals surface area (Å²) in [6.45, 7) is 10.4. The molecule has 0 amide bonds. The van der Waals surface area contributed by atoms with Gasteiger partial charge in [0.25, 0.3) is 0 Å². The van der Waals surface area contributed by atoms with Gasteiger partial charge >= 0.3 is 0 Å². The third-order valence-electron chi connectivity index (χ3n) is 4.36. The minimum atomic E-state index is 0.252. The molecule has 1 atom stereocenters. The Morgan fingerprint density at radius 2 is 2.00 bits per heavy atom. The normalized spacial score (nSPS) is 20.1. The van der Waals surface area contributed by atoms with Gasteiger partial charge in [-0.2, -0.15) is 0 Å². The van der Waals surface area contributed by atoms with Crippen LogP contribution in [0.2, 0.25) is 0 Å². The standard InChI is InChI=1S/C15H33N3O/c1-4-9-16-14(13-19)6-10-17(3)15-7-11-18(5-2)12-8-15/h14-16,19H,4-13H2,1-3H3. The number of rotatable bonds is 9. The molecule has 19 heavy (non-hydrogen) atoms. The first-order valence-corrected chi connectivity index (χ1v) is 7.98. The number of nitrogens with zero attached hydrogens (tertiary/aromatic N) is 2. The van der Waals surface area contributed by atoms with Crippen molar-refractivity contribution >= 4 is 0 Å². The second-order valence-electron chi connectivity index (χ2n) is 5.77. The number of aliphatic hydroxyl groups excluding tert-OH is 1. The van der Waals surface area contributed by atoms with E-state index >= 15 is 0 Å². The van der Waals surface area contributed by atoms with Crippen molar-refractivity contribution in [3.05, 3.63) is 0 Å². The molecule has 4 heteroatoms. The van der Waals surface area contributed by atoms with E-state index in [1.54, 1.807) is 0 Å². The lowest BCUT2D eigenvalue weighted by Gasteiger charge is -2.36. The van der Waals surface area contributed by atoms with Gasteiger partial charge in [0.05, 0.1) is 6.61 Å². The maximum Gasteiger partial charge on any atom is 0.0585 e. The Bertz CT molecular complexity index is 217. The quantitative estimate of drug-likeness (QED) is 0.660.